The first-order valence-electron chi connectivity index (χ1n) is 25.8. The summed E-state index contributed by atoms with van der Waals surface area (Å²) in [5.74, 6) is -0.457. The molecule has 1 unspecified atom stereocenters. The molecule has 0 bridgehead atoms. The van der Waals surface area contributed by atoms with Crippen LogP contribution in [0.4, 0.5) is 0 Å². The Hall–Kier alpha value is -3.18. The number of unbranched alkanes of at least 4 members (excludes halogenated alkanes) is 19. The van der Waals surface area contributed by atoms with Crippen LogP contribution in [0.5, 0.6) is 0 Å². The maximum absolute atomic E-state index is 12.8. The van der Waals surface area contributed by atoms with Gasteiger partial charge >= 0.3 is 11.9 Å². The monoisotopic (exact) mass is 861 g/mol. The van der Waals surface area contributed by atoms with Gasteiger partial charge in [0.2, 0.25) is 0 Å². The molecule has 0 heterocycles. The van der Waals surface area contributed by atoms with Gasteiger partial charge in [0.25, 0.3) is 0 Å². The van der Waals surface area contributed by atoms with E-state index < -0.39 is 6.10 Å². The van der Waals surface area contributed by atoms with Crippen molar-refractivity contribution in [3.63, 3.8) is 0 Å². The highest BCUT2D eigenvalue weighted by atomic mass is 16.6. The van der Waals surface area contributed by atoms with Crippen LogP contribution in [0.3, 0.4) is 0 Å². The fourth-order valence-corrected chi connectivity index (χ4v) is 6.88. The third-order valence-corrected chi connectivity index (χ3v) is 10.6. The van der Waals surface area contributed by atoms with Crippen LogP contribution in [0.1, 0.15) is 226 Å². The van der Waals surface area contributed by atoms with Gasteiger partial charge in [-0.1, -0.05) is 227 Å². The van der Waals surface area contributed by atoms with E-state index in [4.69, 9.17) is 14.2 Å². The van der Waals surface area contributed by atoms with Crippen LogP contribution in [0.15, 0.2) is 97.2 Å². The molecule has 0 aliphatic rings. The number of hydrogen-bond acceptors (Lipinski definition) is 5. The fraction of sp³-hybridized carbons (Fsp3) is 0.684. The van der Waals surface area contributed by atoms with Crippen LogP contribution in [0.2, 0.25) is 0 Å². The van der Waals surface area contributed by atoms with E-state index in [1.165, 1.54) is 89.9 Å². The van der Waals surface area contributed by atoms with Gasteiger partial charge in [-0.05, 0) is 83.5 Å². The third kappa shape index (κ3) is 49.5. The Morgan fingerprint density at radius 1 is 0.371 bits per heavy atom. The zero-order chi connectivity index (χ0) is 44.9. The third-order valence-electron chi connectivity index (χ3n) is 10.6. The summed E-state index contributed by atoms with van der Waals surface area (Å²) in [6, 6.07) is 0. The molecule has 0 aliphatic heterocycles. The van der Waals surface area contributed by atoms with E-state index >= 15 is 0 Å². The normalized spacial score (nSPS) is 13.0. The van der Waals surface area contributed by atoms with E-state index in [1.807, 2.05) is 0 Å². The van der Waals surface area contributed by atoms with Gasteiger partial charge in [0.1, 0.15) is 6.61 Å². The second kappa shape index (κ2) is 52.2. The number of ether oxygens (including phenoxy) is 3. The standard InChI is InChI=1S/C57H96O5/c1-4-7-10-13-16-19-22-25-28-31-34-37-40-43-46-49-52-60-53-55(62-57(59)51-48-45-42-39-36-33-30-27-24-21-18-15-12-9-6-3)54-61-56(58)50-47-44-41-38-35-32-29-26-23-20-17-14-11-8-5-2/h7-8,10-11,16-17,19-20,25-26,28-29,34,37,43,46,55H,4-6,9,12-15,18,21-24,27,30-33,35-36,38-42,44-45,47-54H2,1-3H3/b10-7-,11-8-,19-16-,20-17-,28-25-,29-26-,37-34-,46-43-. The Balaban J connectivity index is 4.41. The van der Waals surface area contributed by atoms with Gasteiger partial charge in [-0.2, -0.15) is 0 Å². The molecule has 0 amide bonds. The van der Waals surface area contributed by atoms with E-state index in [-0.39, 0.29) is 25.2 Å². The summed E-state index contributed by atoms with van der Waals surface area (Å²) in [6.07, 6.45) is 70.1. The number of hydrogen-bond donors (Lipinski definition) is 0. The molecule has 354 valence electrons. The van der Waals surface area contributed by atoms with E-state index in [0.29, 0.717) is 19.4 Å². The van der Waals surface area contributed by atoms with Crippen molar-refractivity contribution in [1.29, 1.82) is 0 Å². The molecule has 0 rings (SSSR count). The van der Waals surface area contributed by atoms with Gasteiger partial charge in [-0.15, -0.1) is 0 Å². The van der Waals surface area contributed by atoms with E-state index in [1.54, 1.807) is 0 Å². The molecule has 0 radical (unpaired) electrons. The summed E-state index contributed by atoms with van der Waals surface area (Å²) in [4.78, 5) is 25.4. The molecule has 62 heavy (non-hydrogen) atoms. The molecule has 0 fully saturated rings. The average Bonchev–Trinajstić information content (AvgIpc) is 3.27. The minimum atomic E-state index is -0.586. The van der Waals surface area contributed by atoms with Crippen LogP contribution < -0.4 is 0 Å². The van der Waals surface area contributed by atoms with Crippen molar-refractivity contribution >= 4 is 11.9 Å². The van der Waals surface area contributed by atoms with Crippen molar-refractivity contribution in [3.8, 4) is 0 Å². The summed E-state index contributed by atoms with van der Waals surface area (Å²) in [7, 11) is 0. The molecule has 1 atom stereocenters. The van der Waals surface area contributed by atoms with Crippen molar-refractivity contribution in [2.75, 3.05) is 19.8 Å². The Morgan fingerprint density at radius 2 is 0.726 bits per heavy atom. The van der Waals surface area contributed by atoms with Gasteiger partial charge in [-0.25, -0.2) is 0 Å². The first kappa shape index (κ1) is 58.8. The first-order chi connectivity index (χ1) is 30.6. The second-order valence-electron chi connectivity index (χ2n) is 16.7. The lowest BCUT2D eigenvalue weighted by atomic mass is 10.0. The zero-order valence-electron chi connectivity index (χ0n) is 40.6. The average molecular weight is 861 g/mol. The minimum Gasteiger partial charge on any atom is -0.462 e. The van der Waals surface area contributed by atoms with Gasteiger partial charge < -0.3 is 14.2 Å². The zero-order valence-corrected chi connectivity index (χ0v) is 40.6. The van der Waals surface area contributed by atoms with E-state index in [0.717, 1.165) is 103 Å². The van der Waals surface area contributed by atoms with Crippen LogP contribution in [-0.2, 0) is 23.8 Å². The topological polar surface area (TPSA) is 61.8 Å². The predicted octanol–water partition coefficient (Wildman–Crippen LogP) is 17.5. The molecular formula is C57H96O5. The molecule has 5 nitrogen and oxygen atoms in total. The number of carbonyl (C=O) groups is 2. The Kier molecular flexibility index (Phi) is 49.5. The van der Waals surface area contributed by atoms with Gasteiger partial charge in [-0.3, -0.25) is 9.59 Å². The smallest absolute Gasteiger partial charge is 0.306 e. The van der Waals surface area contributed by atoms with E-state index in [9.17, 15) is 9.59 Å². The van der Waals surface area contributed by atoms with Crippen molar-refractivity contribution < 1.29 is 23.8 Å². The van der Waals surface area contributed by atoms with Gasteiger partial charge in [0.05, 0.1) is 13.2 Å². The van der Waals surface area contributed by atoms with Crippen LogP contribution >= 0.6 is 0 Å². The Bertz CT molecular complexity index is 1200. The summed E-state index contributed by atoms with van der Waals surface area (Å²) in [5, 5.41) is 0. The number of rotatable bonds is 46. The van der Waals surface area contributed by atoms with Gasteiger partial charge in [0, 0.05) is 12.8 Å². The molecular weight excluding hydrogens is 765 g/mol. The molecule has 0 aromatic rings. The second-order valence-corrected chi connectivity index (χ2v) is 16.7. The maximum atomic E-state index is 12.8. The highest BCUT2D eigenvalue weighted by Crippen LogP contribution is 2.15. The molecule has 0 saturated carbocycles. The Morgan fingerprint density at radius 3 is 1.16 bits per heavy atom. The summed E-state index contributed by atoms with van der Waals surface area (Å²) in [6.45, 7) is 7.38. The van der Waals surface area contributed by atoms with Crippen molar-refractivity contribution in [1.82, 2.24) is 0 Å². The first-order valence-corrected chi connectivity index (χ1v) is 25.8. The quantitative estimate of drug-likeness (QED) is 0.0347. The van der Waals surface area contributed by atoms with E-state index in [2.05, 4.69) is 118 Å². The number of esters is 2. The van der Waals surface area contributed by atoms with Crippen LogP contribution in [0.25, 0.3) is 0 Å². The highest BCUT2D eigenvalue weighted by Gasteiger charge is 2.17. The molecule has 0 aromatic carbocycles. The number of carbonyl (C=O) groups excluding carboxylic acids is 2. The molecule has 0 aromatic heterocycles. The summed E-state index contributed by atoms with van der Waals surface area (Å²) >= 11 is 0. The maximum Gasteiger partial charge on any atom is 0.306 e. The molecule has 0 spiro atoms. The summed E-state index contributed by atoms with van der Waals surface area (Å²) in [5.41, 5.74) is 0. The van der Waals surface area contributed by atoms with Gasteiger partial charge in [0.15, 0.2) is 6.10 Å². The largest absolute Gasteiger partial charge is 0.462 e. The van der Waals surface area contributed by atoms with Crippen LogP contribution in [0, 0.1) is 0 Å². The van der Waals surface area contributed by atoms with Crippen LogP contribution in [-0.4, -0.2) is 37.9 Å². The molecule has 0 aliphatic carbocycles. The van der Waals surface area contributed by atoms with Crippen molar-refractivity contribution in [2.45, 2.75) is 232 Å². The Labute approximate surface area is 383 Å². The lowest BCUT2D eigenvalue weighted by molar-refractivity contribution is -0.162. The predicted molar refractivity (Wildman–Crippen MR) is 270 cm³/mol. The highest BCUT2D eigenvalue weighted by molar-refractivity contribution is 5.70. The SMILES string of the molecule is CC/C=C\C/C=C\C/C=C\C/C=C\C/C=C\CCOCC(COC(=O)CCCCCCC/C=C\C/C=C\C/C=C\CC)OC(=O)CCCCCCCCCCCCCCCCC. The molecule has 0 N–H and O–H groups in total. The molecule has 5 heteroatoms. The lowest BCUT2D eigenvalue weighted by Crippen LogP contribution is -2.30. The molecule has 0 saturated heterocycles. The number of allylic oxidation sites excluding steroid dienone is 15. The fourth-order valence-electron chi connectivity index (χ4n) is 6.88. The lowest BCUT2D eigenvalue weighted by Gasteiger charge is -2.18. The van der Waals surface area contributed by atoms with Crippen molar-refractivity contribution in [3.05, 3.63) is 97.2 Å². The van der Waals surface area contributed by atoms with Crippen molar-refractivity contribution in [2.24, 2.45) is 0 Å². The summed E-state index contributed by atoms with van der Waals surface area (Å²) < 4.78 is 17.3. The minimum absolute atomic E-state index is 0.0437.